The molecule has 0 unspecified atom stereocenters. The Labute approximate surface area is 308 Å². The van der Waals surface area contributed by atoms with Crippen LogP contribution in [0.2, 0.25) is 0 Å². The molecule has 5 saturated carbocycles. The van der Waals surface area contributed by atoms with Crippen molar-refractivity contribution in [2.24, 2.45) is 23.7 Å². The maximum Gasteiger partial charge on any atom is 0.0540 e. The first kappa shape index (κ1) is 29.7. The zero-order valence-corrected chi connectivity index (χ0v) is 29.9. The Balaban J connectivity index is 1.08. The van der Waals surface area contributed by atoms with Crippen LogP contribution in [0.15, 0.2) is 140 Å². The van der Waals surface area contributed by atoms with Crippen LogP contribution in [0.1, 0.15) is 80.0 Å². The summed E-state index contributed by atoms with van der Waals surface area (Å²) in [6, 6.07) is 54.0. The van der Waals surface area contributed by atoms with Crippen molar-refractivity contribution in [1.82, 2.24) is 0 Å². The molecule has 4 bridgehead atoms. The molecule has 0 saturated heterocycles. The van der Waals surface area contributed by atoms with E-state index >= 15 is 0 Å². The molecule has 0 radical (unpaired) electrons. The summed E-state index contributed by atoms with van der Waals surface area (Å²) in [4.78, 5) is 2.60. The van der Waals surface area contributed by atoms with E-state index in [1.54, 1.807) is 16.7 Å². The lowest BCUT2D eigenvalue weighted by molar-refractivity contribution is -0.0399. The Hall–Kier alpha value is -4.88. The maximum atomic E-state index is 2.60. The summed E-state index contributed by atoms with van der Waals surface area (Å²) in [6.07, 6.45) is 12.2. The summed E-state index contributed by atoms with van der Waals surface area (Å²) in [5.41, 5.74) is 18.7. The highest BCUT2D eigenvalue weighted by Crippen LogP contribution is 2.69. The topological polar surface area (TPSA) is 3.24 Å². The van der Waals surface area contributed by atoms with E-state index in [2.05, 4.69) is 144 Å². The lowest BCUT2D eigenvalue weighted by Crippen LogP contribution is -2.55. The SMILES string of the molecule is c1ccc(-c2ccccc2N(c2ccc3c(c2)-c2ccccc2C32C3CC4CC(C3)CC2C4)c2ccc3c(c2)C2(CCCC2)c2ccccc2-3)cc1. The van der Waals surface area contributed by atoms with Crippen molar-refractivity contribution in [3.8, 4) is 33.4 Å². The summed E-state index contributed by atoms with van der Waals surface area (Å²) < 4.78 is 0. The smallest absolute Gasteiger partial charge is 0.0540 e. The molecule has 0 heterocycles. The third-order valence-electron chi connectivity index (χ3n) is 15.0. The second kappa shape index (κ2) is 10.8. The minimum Gasteiger partial charge on any atom is -0.310 e. The Kier molecular flexibility index (Phi) is 6.18. The van der Waals surface area contributed by atoms with E-state index in [1.165, 1.54) is 114 Å². The molecular weight excluding hydrogens is 627 g/mol. The lowest BCUT2D eigenvalue weighted by atomic mass is 9.43. The van der Waals surface area contributed by atoms with Crippen molar-refractivity contribution in [2.75, 3.05) is 4.90 Å². The van der Waals surface area contributed by atoms with Gasteiger partial charge in [0.2, 0.25) is 0 Å². The second-order valence-corrected chi connectivity index (χ2v) is 17.2. The predicted octanol–water partition coefficient (Wildman–Crippen LogP) is 13.4. The van der Waals surface area contributed by atoms with Crippen molar-refractivity contribution in [2.45, 2.75) is 68.6 Å². The molecule has 0 N–H and O–H groups in total. The maximum absolute atomic E-state index is 2.60. The van der Waals surface area contributed by atoms with Crippen LogP contribution in [0.5, 0.6) is 0 Å². The first-order valence-corrected chi connectivity index (χ1v) is 20.2. The van der Waals surface area contributed by atoms with Crippen LogP contribution < -0.4 is 4.90 Å². The number of benzene rings is 6. The first-order valence-electron chi connectivity index (χ1n) is 20.2. The summed E-state index contributed by atoms with van der Waals surface area (Å²) in [6.45, 7) is 0. The van der Waals surface area contributed by atoms with Crippen molar-refractivity contribution < 1.29 is 0 Å². The van der Waals surface area contributed by atoms with Gasteiger partial charge in [-0.15, -0.1) is 0 Å². The van der Waals surface area contributed by atoms with E-state index in [0.717, 1.165) is 23.7 Å². The Morgan fingerprint density at radius 2 is 0.981 bits per heavy atom. The van der Waals surface area contributed by atoms with Gasteiger partial charge in [-0.25, -0.2) is 0 Å². The molecular formula is C51H45N. The average molecular weight is 672 g/mol. The van der Waals surface area contributed by atoms with Gasteiger partial charge in [0, 0.05) is 27.8 Å². The van der Waals surface area contributed by atoms with Crippen molar-refractivity contribution in [1.29, 1.82) is 0 Å². The average Bonchev–Trinajstić information content (AvgIpc) is 3.88. The number of hydrogen-bond acceptors (Lipinski definition) is 1. The molecule has 0 aromatic heterocycles. The summed E-state index contributed by atoms with van der Waals surface area (Å²) in [5, 5.41) is 0. The van der Waals surface area contributed by atoms with Gasteiger partial charge >= 0.3 is 0 Å². The largest absolute Gasteiger partial charge is 0.310 e. The van der Waals surface area contributed by atoms with Crippen LogP contribution >= 0.6 is 0 Å². The monoisotopic (exact) mass is 671 g/mol. The Morgan fingerprint density at radius 1 is 0.423 bits per heavy atom. The molecule has 1 nitrogen and oxygen atoms in total. The van der Waals surface area contributed by atoms with Crippen LogP contribution in [-0.2, 0) is 10.8 Å². The minimum absolute atomic E-state index is 0.120. The van der Waals surface area contributed by atoms with E-state index in [-0.39, 0.29) is 10.8 Å². The molecule has 254 valence electrons. The molecule has 7 aliphatic rings. The predicted molar refractivity (Wildman–Crippen MR) is 215 cm³/mol. The fourth-order valence-corrected chi connectivity index (χ4v) is 13.3. The van der Waals surface area contributed by atoms with E-state index in [0.29, 0.717) is 0 Å². The second-order valence-electron chi connectivity index (χ2n) is 17.2. The van der Waals surface area contributed by atoms with Crippen LogP contribution in [-0.4, -0.2) is 0 Å². The van der Waals surface area contributed by atoms with Gasteiger partial charge in [-0.05, 0) is 149 Å². The van der Waals surface area contributed by atoms with Crippen molar-refractivity contribution in [3.63, 3.8) is 0 Å². The molecule has 0 atom stereocenters. The molecule has 7 aliphatic carbocycles. The molecule has 1 heteroatoms. The van der Waals surface area contributed by atoms with Crippen LogP contribution in [0, 0.1) is 23.7 Å². The standard InChI is InChI=1S/C51H45N/c1-2-12-35(13-3-1)40-14-6-9-19-49(40)52(39-20-22-43-41-15-4-7-17-45(41)50(48(43)32-39)24-10-11-25-50)38-21-23-47-44(31-38)42-16-5-8-18-46(42)51(47)36-27-33-26-34(29-36)30-37(51)28-33/h1-9,12-23,31-34,36-37H,10-11,24-30H2. The number of rotatable bonds is 4. The highest BCUT2D eigenvalue weighted by Gasteiger charge is 2.61. The van der Waals surface area contributed by atoms with Gasteiger partial charge in [0.1, 0.15) is 0 Å². The fraction of sp³-hybridized carbons (Fsp3) is 0.294. The third kappa shape index (κ3) is 3.85. The Bertz CT molecular complexity index is 2360. The van der Waals surface area contributed by atoms with E-state index in [4.69, 9.17) is 0 Å². The number of anilines is 3. The molecule has 52 heavy (non-hydrogen) atoms. The summed E-state index contributed by atoms with van der Waals surface area (Å²) >= 11 is 0. The summed E-state index contributed by atoms with van der Waals surface area (Å²) in [7, 11) is 0. The van der Waals surface area contributed by atoms with Crippen molar-refractivity contribution in [3.05, 3.63) is 162 Å². The van der Waals surface area contributed by atoms with Crippen LogP contribution in [0.4, 0.5) is 17.1 Å². The quantitative estimate of drug-likeness (QED) is 0.180. The number of nitrogens with zero attached hydrogens (tertiary/aromatic N) is 1. The molecule has 0 aliphatic heterocycles. The zero-order valence-electron chi connectivity index (χ0n) is 29.9. The van der Waals surface area contributed by atoms with Gasteiger partial charge in [0.25, 0.3) is 0 Å². The highest BCUT2D eigenvalue weighted by atomic mass is 15.1. The van der Waals surface area contributed by atoms with E-state index < -0.39 is 0 Å². The summed E-state index contributed by atoms with van der Waals surface area (Å²) in [5.74, 6) is 3.44. The number of para-hydroxylation sites is 1. The molecule has 6 aromatic rings. The first-order chi connectivity index (χ1) is 25.7. The van der Waals surface area contributed by atoms with E-state index in [1.807, 2.05) is 0 Å². The van der Waals surface area contributed by atoms with Gasteiger partial charge in [-0.3, -0.25) is 0 Å². The van der Waals surface area contributed by atoms with Crippen molar-refractivity contribution >= 4 is 17.1 Å². The number of hydrogen-bond donors (Lipinski definition) is 0. The molecule has 0 amide bonds. The van der Waals surface area contributed by atoms with Gasteiger partial charge < -0.3 is 4.90 Å². The fourth-order valence-electron chi connectivity index (χ4n) is 13.3. The third-order valence-corrected chi connectivity index (χ3v) is 15.0. The van der Waals surface area contributed by atoms with Crippen LogP contribution in [0.25, 0.3) is 33.4 Å². The molecule has 2 spiro atoms. The molecule has 5 fully saturated rings. The number of fused-ring (bicyclic) bond motifs is 8. The lowest BCUT2D eigenvalue weighted by Gasteiger charge is -2.61. The van der Waals surface area contributed by atoms with Crippen LogP contribution in [0.3, 0.4) is 0 Å². The molecule has 6 aromatic carbocycles. The highest BCUT2D eigenvalue weighted by molar-refractivity contribution is 5.93. The minimum atomic E-state index is 0.120. The van der Waals surface area contributed by atoms with Gasteiger partial charge in [-0.2, -0.15) is 0 Å². The Morgan fingerprint density at radius 3 is 1.73 bits per heavy atom. The van der Waals surface area contributed by atoms with Gasteiger partial charge in [0.05, 0.1) is 5.69 Å². The zero-order chi connectivity index (χ0) is 34.0. The van der Waals surface area contributed by atoms with Gasteiger partial charge in [-0.1, -0.05) is 122 Å². The molecule has 13 rings (SSSR count). The van der Waals surface area contributed by atoms with Gasteiger partial charge in [0.15, 0.2) is 0 Å². The van der Waals surface area contributed by atoms with E-state index in [9.17, 15) is 0 Å². The normalized spacial score (nSPS) is 26.4.